The molecule has 0 bridgehead atoms. The molecular weight excluding hydrogens is 388 g/mol. The van der Waals surface area contributed by atoms with E-state index >= 15 is 0 Å². The van der Waals surface area contributed by atoms with Crippen LogP contribution in [-0.4, -0.2) is 71.0 Å². The number of rotatable bonds is 6. The number of esters is 1. The third kappa shape index (κ3) is 5.03. The van der Waals surface area contributed by atoms with E-state index < -0.39 is 0 Å². The summed E-state index contributed by atoms with van der Waals surface area (Å²) in [5.74, 6) is -0.101. The van der Waals surface area contributed by atoms with Gasteiger partial charge >= 0.3 is 5.97 Å². The minimum atomic E-state index is -0.301. The first-order valence-corrected chi connectivity index (χ1v) is 9.99. The molecule has 1 aromatic carbocycles. The molecule has 0 saturated carbocycles. The Bertz CT molecular complexity index is 908. The average Bonchev–Trinajstić information content (AvgIpc) is 3.19. The number of ether oxygens (including phenoxy) is 1. The van der Waals surface area contributed by atoms with Crippen molar-refractivity contribution in [1.82, 2.24) is 19.9 Å². The van der Waals surface area contributed by atoms with Crippen LogP contribution in [0.25, 0.3) is 11.5 Å². The van der Waals surface area contributed by atoms with E-state index in [4.69, 9.17) is 9.26 Å². The number of piperidine rings is 1. The van der Waals surface area contributed by atoms with Crippen LogP contribution in [0.2, 0.25) is 0 Å². The van der Waals surface area contributed by atoms with Gasteiger partial charge in [0, 0.05) is 31.3 Å². The molecule has 0 aliphatic carbocycles. The van der Waals surface area contributed by atoms with Crippen LogP contribution < -0.4 is 0 Å². The van der Waals surface area contributed by atoms with Crippen molar-refractivity contribution >= 4 is 17.8 Å². The SMILES string of the molecule is CCOC(=O)C1CCCN(C(=O)CN(C)C(=O)c2ccc(-c3nc(C)no3)cc2)C1. The predicted molar refractivity (Wildman–Crippen MR) is 107 cm³/mol. The summed E-state index contributed by atoms with van der Waals surface area (Å²) in [6.07, 6.45) is 1.45. The van der Waals surface area contributed by atoms with E-state index in [0.717, 1.165) is 6.42 Å². The van der Waals surface area contributed by atoms with E-state index in [1.807, 2.05) is 0 Å². The van der Waals surface area contributed by atoms with Gasteiger partial charge in [-0.1, -0.05) is 5.16 Å². The summed E-state index contributed by atoms with van der Waals surface area (Å²) in [5.41, 5.74) is 1.16. The van der Waals surface area contributed by atoms with E-state index in [0.29, 0.717) is 49.0 Å². The highest BCUT2D eigenvalue weighted by Crippen LogP contribution is 2.20. The summed E-state index contributed by atoms with van der Waals surface area (Å²) in [6, 6.07) is 6.78. The molecule has 1 aliphatic heterocycles. The fraction of sp³-hybridized carbons (Fsp3) is 0.476. The summed E-state index contributed by atoms with van der Waals surface area (Å²) in [6.45, 7) is 4.67. The lowest BCUT2D eigenvalue weighted by Gasteiger charge is -2.32. The van der Waals surface area contributed by atoms with Gasteiger partial charge in [-0.2, -0.15) is 4.98 Å². The van der Waals surface area contributed by atoms with E-state index in [1.165, 1.54) is 4.90 Å². The molecule has 1 aliphatic rings. The second-order valence-corrected chi connectivity index (χ2v) is 7.32. The monoisotopic (exact) mass is 414 g/mol. The van der Waals surface area contributed by atoms with Crippen molar-refractivity contribution in [2.45, 2.75) is 26.7 Å². The maximum Gasteiger partial charge on any atom is 0.310 e. The first-order valence-electron chi connectivity index (χ1n) is 9.99. The molecule has 1 aromatic heterocycles. The fourth-order valence-electron chi connectivity index (χ4n) is 3.42. The van der Waals surface area contributed by atoms with Gasteiger partial charge < -0.3 is 19.1 Å². The summed E-state index contributed by atoms with van der Waals surface area (Å²) >= 11 is 0. The Kier molecular flexibility index (Phi) is 6.81. The maximum absolute atomic E-state index is 12.7. The summed E-state index contributed by atoms with van der Waals surface area (Å²) in [5, 5.41) is 3.75. The Morgan fingerprint density at radius 2 is 2.00 bits per heavy atom. The van der Waals surface area contributed by atoms with Crippen LogP contribution in [0.3, 0.4) is 0 Å². The molecule has 30 heavy (non-hydrogen) atoms. The molecular formula is C21H26N4O5. The molecule has 9 nitrogen and oxygen atoms in total. The zero-order valence-electron chi connectivity index (χ0n) is 17.5. The second-order valence-electron chi connectivity index (χ2n) is 7.32. The van der Waals surface area contributed by atoms with Crippen LogP contribution in [0.5, 0.6) is 0 Å². The number of likely N-dealkylation sites (N-methyl/N-ethyl adjacent to an activating group) is 1. The van der Waals surface area contributed by atoms with Crippen molar-refractivity contribution in [3.63, 3.8) is 0 Å². The van der Waals surface area contributed by atoms with Gasteiger partial charge in [0.1, 0.15) is 0 Å². The standard InChI is InChI=1S/C21H26N4O5/c1-4-29-21(28)17-6-5-11-25(12-17)18(26)13-24(3)20(27)16-9-7-15(8-10-16)19-22-14(2)23-30-19/h7-10,17H,4-6,11-13H2,1-3H3. The first-order chi connectivity index (χ1) is 14.4. The second kappa shape index (κ2) is 9.51. The summed E-state index contributed by atoms with van der Waals surface area (Å²) in [7, 11) is 1.59. The van der Waals surface area contributed by atoms with Gasteiger partial charge in [0.15, 0.2) is 5.82 Å². The molecule has 2 aromatic rings. The van der Waals surface area contributed by atoms with Crippen LogP contribution in [0.15, 0.2) is 28.8 Å². The molecule has 2 heterocycles. The molecule has 160 valence electrons. The van der Waals surface area contributed by atoms with Crippen molar-refractivity contribution in [3.05, 3.63) is 35.7 Å². The number of likely N-dealkylation sites (tertiary alicyclic amines) is 1. The summed E-state index contributed by atoms with van der Waals surface area (Å²) < 4.78 is 10.2. The number of hydrogen-bond acceptors (Lipinski definition) is 7. The topological polar surface area (TPSA) is 106 Å². The lowest BCUT2D eigenvalue weighted by Crippen LogP contribution is -2.47. The van der Waals surface area contributed by atoms with Crippen molar-refractivity contribution in [2.75, 3.05) is 33.3 Å². The Balaban J connectivity index is 1.58. The molecule has 0 radical (unpaired) electrons. The van der Waals surface area contributed by atoms with Crippen LogP contribution in [0, 0.1) is 12.8 Å². The number of aromatic nitrogens is 2. The van der Waals surface area contributed by atoms with Gasteiger partial charge in [-0.25, -0.2) is 0 Å². The average molecular weight is 414 g/mol. The summed E-state index contributed by atoms with van der Waals surface area (Å²) in [4.78, 5) is 44.5. The van der Waals surface area contributed by atoms with Gasteiger partial charge in [-0.15, -0.1) is 0 Å². The van der Waals surface area contributed by atoms with Crippen LogP contribution in [-0.2, 0) is 14.3 Å². The lowest BCUT2D eigenvalue weighted by molar-refractivity contribution is -0.151. The van der Waals surface area contributed by atoms with Crippen molar-refractivity contribution in [3.8, 4) is 11.5 Å². The number of nitrogens with zero attached hydrogens (tertiary/aromatic N) is 4. The Morgan fingerprint density at radius 1 is 1.27 bits per heavy atom. The molecule has 1 saturated heterocycles. The van der Waals surface area contributed by atoms with E-state index in [-0.39, 0.29) is 30.2 Å². The van der Waals surface area contributed by atoms with Crippen LogP contribution >= 0.6 is 0 Å². The Morgan fingerprint density at radius 3 is 2.63 bits per heavy atom. The van der Waals surface area contributed by atoms with E-state index in [9.17, 15) is 14.4 Å². The first kappa shape index (κ1) is 21.5. The fourth-order valence-corrected chi connectivity index (χ4v) is 3.42. The van der Waals surface area contributed by atoms with Gasteiger partial charge in [0.05, 0.1) is 19.1 Å². The number of hydrogen-bond donors (Lipinski definition) is 0. The van der Waals surface area contributed by atoms with Crippen LogP contribution in [0.1, 0.15) is 35.9 Å². The predicted octanol–water partition coefficient (Wildman–Crippen LogP) is 1.92. The molecule has 2 amide bonds. The highest BCUT2D eigenvalue weighted by atomic mass is 16.5. The number of carbonyl (C=O) groups is 3. The maximum atomic E-state index is 12.7. The van der Waals surface area contributed by atoms with Gasteiger partial charge in [0.2, 0.25) is 5.91 Å². The van der Waals surface area contributed by atoms with Gasteiger partial charge in [-0.3, -0.25) is 14.4 Å². The highest BCUT2D eigenvalue weighted by molar-refractivity contribution is 5.96. The zero-order chi connectivity index (χ0) is 21.7. The number of carbonyl (C=O) groups excluding carboxylic acids is 3. The Labute approximate surface area is 175 Å². The normalized spacial score (nSPS) is 16.2. The highest BCUT2D eigenvalue weighted by Gasteiger charge is 2.30. The Hall–Kier alpha value is -3.23. The zero-order valence-corrected chi connectivity index (χ0v) is 17.5. The van der Waals surface area contributed by atoms with E-state index in [1.54, 1.807) is 50.1 Å². The van der Waals surface area contributed by atoms with Crippen molar-refractivity contribution in [1.29, 1.82) is 0 Å². The van der Waals surface area contributed by atoms with Crippen molar-refractivity contribution in [2.24, 2.45) is 5.92 Å². The third-order valence-electron chi connectivity index (χ3n) is 5.02. The minimum Gasteiger partial charge on any atom is -0.466 e. The van der Waals surface area contributed by atoms with Gasteiger partial charge in [0.25, 0.3) is 11.8 Å². The minimum absolute atomic E-state index is 0.0566. The molecule has 3 rings (SSSR count). The van der Waals surface area contributed by atoms with Crippen molar-refractivity contribution < 1.29 is 23.6 Å². The molecule has 0 spiro atoms. The molecule has 1 fully saturated rings. The quantitative estimate of drug-likeness (QED) is 0.665. The number of aryl methyl sites for hydroxylation is 1. The number of benzene rings is 1. The lowest BCUT2D eigenvalue weighted by atomic mass is 9.98. The smallest absolute Gasteiger partial charge is 0.310 e. The van der Waals surface area contributed by atoms with Gasteiger partial charge in [-0.05, 0) is 51.0 Å². The molecule has 1 atom stereocenters. The largest absolute Gasteiger partial charge is 0.466 e. The third-order valence-corrected chi connectivity index (χ3v) is 5.02. The molecule has 0 N–H and O–H groups in total. The molecule has 1 unspecified atom stereocenters. The van der Waals surface area contributed by atoms with E-state index in [2.05, 4.69) is 10.1 Å². The van der Waals surface area contributed by atoms with Crippen LogP contribution in [0.4, 0.5) is 0 Å². The number of amides is 2. The molecule has 9 heteroatoms.